The van der Waals surface area contributed by atoms with E-state index in [0.717, 1.165) is 44.3 Å². The lowest BCUT2D eigenvalue weighted by molar-refractivity contribution is 1.26. The van der Waals surface area contributed by atoms with Crippen LogP contribution in [0.15, 0.2) is 163 Å². The number of anilines is 6. The smallest absolute Gasteiger partial charge is 0.0473 e. The molecule has 0 amide bonds. The van der Waals surface area contributed by atoms with Crippen molar-refractivity contribution in [3.63, 3.8) is 0 Å². The monoisotopic (exact) mass is 690 g/mol. The lowest BCUT2D eigenvalue weighted by Crippen LogP contribution is -2.10. The van der Waals surface area contributed by atoms with Gasteiger partial charge < -0.3 is 9.80 Å². The van der Waals surface area contributed by atoms with Crippen LogP contribution in [0, 0.1) is 0 Å². The van der Waals surface area contributed by atoms with Gasteiger partial charge in [-0.1, -0.05) is 94.8 Å². The predicted octanol–water partition coefficient (Wildman–Crippen LogP) is 12.6. The van der Waals surface area contributed by atoms with Crippen LogP contribution in [0.25, 0.3) is 11.1 Å². The third-order valence-corrected chi connectivity index (χ3v) is 9.30. The Kier molecular flexibility index (Phi) is 9.09. The summed E-state index contributed by atoms with van der Waals surface area (Å²) in [6, 6.07) is 55.9. The Morgan fingerprint density at radius 1 is 0.429 bits per heavy atom. The van der Waals surface area contributed by atoms with E-state index in [-0.39, 0.29) is 0 Å². The molecular formula is C37H28Br2N2S. The lowest BCUT2D eigenvalue weighted by atomic mass is 10.0. The zero-order chi connectivity index (χ0) is 28.7. The van der Waals surface area contributed by atoms with Gasteiger partial charge in [-0.3, -0.25) is 0 Å². The first-order valence-corrected chi connectivity index (χ1v) is 17.5. The van der Waals surface area contributed by atoms with Gasteiger partial charge in [0.1, 0.15) is 0 Å². The summed E-state index contributed by atoms with van der Waals surface area (Å²) in [6.07, 6.45) is 0. The van der Waals surface area contributed by atoms with Gasteiger partial charge in [-0.15, -0.1) is 0 Å². The van der Waals surface area contributed by atoms with E-state index in [9.17, 15) is 0 Å². The van der Waals surface area contributed by atoms with E-state index in [0.29, 0.717) is 0 Å². The van der Waals surface area contributed by atoms with E-state index in [1.807, 2.05) is 0 Å². The third kappa shape index (κ3) is 6.34. The molecule has 0 unspecified atom stereocenters. The maximum atomic E-state index is 3.61. The van der Waals surface area contributed by atoms with Crippen LogP contribution in [0.3, 0.4) is 0 Å². The molecule has 0 atom stereocenters. The summed E-state index contributed by atoms with van der Waals surface area (Å²) in [5.41, 5.74) is 10.3. The number of hydrogen-bond donors (Lipinski definition) is 0. The molecule has 0 spiro atoms. The molecular weight excluding hydrogens is 664 g/mol. The molecule has 42 heavy (non-hydrogen) atoms. The maximum absolute atomic E-state index is 3.61. The number of nitrogens with zero attached hydrogens (tertiary/aromatic N) is 2. The molecule has 0 aliphatic rings. The Hall–Kier alpha value is -3.77. The van der Waals surface area contributed by atoms with Crippen LogP contribution in [0.5, 0.6) is 0 Å². The molecule has 6 aromatic rings. The molecule has 0 saturated carbocycles. The van der Waals surface area contributed by atoms with Gasteiger partial charge in [0.05, 0.1) is 0 Å². The van der Waals surface area contributed by atoms with Crippen molar-refractivity contribution in [1.29, 1.82) is 0 Å². The first-order chi connectivity index (χ1) is 20.7. The number of alkyl halides is 1. The van der Waals surface area contributed by atoms with Crippen molar-refractivity contribution in [2.45, 2.75) is 10.2 Å². The summed E-state index contributed by atoms with van der Waals surface area (Å²) < 4.78 is 0. The van der Waals surface area contributed by atoms with Crippen LogP contribution in [-0.2, 0) is 5.33 Å². The van der Waals surface area contributed by atoms with E-state index in [2.05, 4.69) is 198 Å². The van der Waals surface area contributed by atoms with Crippen LogP contribution in [0.4, 0.5) is 34.1 Å². The van der Waals surface area contributed by atoms with Crippen LogP contribution >= 0.6 is 40.9 Å². The molecule has 6 aromatic carbocycles. The van der Waals surface area contributed by atoms with E-state index < -0.39 is 0 Å². The zero-order valence-electron chi connectivity index (χ0n) is 22.8. The molecule has 6 rings (SSSR count). The maximum Gasteiger partial charge on any atom is 0.0473 e. The molecule has 5 heteroatoms. The second-order valence-electron chi connectivity index (χ2n) is 9.81. The summed E-state index contributed by atoms with van der Waals surface area (Å²) in [5.74, 6) is 0. The van der Waals surface area contributed by atoms with Crippen molar-refractivity contribution in [3.8, 4) is 11.1 Å². The lowest BCUT2D eigenvalue weighted by Gasteiger charge is -2.26. The Labute approximate surface area is 268 Å². The SMILES string of the molecule is BrCc1cccc(N(c2ccccc2)c2ccc(-c3ccc(N(c4ccccc4)c4cccc(SBr)c4)cc3)cc2)c1. The van der Waals surface area contributed by atoms with Gasteiger partial charge in [-0.25, -0.2) is 0 Å². The summed E-state index contributed by atoms with van der Waals surface area (Å²) >= 11 is 7.14. The standard InChI is InChI=1S/C37H28Br2N2S/c38-27-28-9-7-14-35(25-28)40(31-10-3-1-4-11-31)33-21-17-29(18-22-33)30-19-23-34(24-20-30)41(32-12-5-2-6-13-32)36-15-8-16-37(26-36)42-39/h1-26H,27H2. The van der Waals surface area contributed by atoms with Crippen molar-refractivity contribution >= 4 is 75.1 Å². The van der Waals surface area contributed by atoms with E-state index in [1.54, 1.807) is 10.2 Å². The fourth-order valence-electron chi connectivity index (χ4n) is 5.10. The Balaban J connectivity index is 1.32. The fourth-order valence-corrected chi connectivity index (χ4v) is 6.35. The highest BCUT2D eigenvalue weighted by atomic mass is 79.9. The van der Waals surface area contributed by atoms with Gasteiger partial charge in [0.2, 0.25) is 0 Å². The number of halogens is 2. The average Bonchev–Trinajstić information content (AvgIpc) is 3.07. The van der Waals surface area contributed by atoms with E-state index in [1.165, 1.54) is 16.7 Å². The first-order valence-electron chi connectivity index (χ1n) is 13.7. The minimum Gasteiger partial charge on any atom is -0.310 e. The molecule has 0 radical (unpaired) electrons. The Bertz CT molecular complexity index is 1610. The molecule has 0 aliphatic carbocycles. The van der Waals surface area contributed by atoms with Gasteiger partial charge in [0.15, 0.2) is 0 Å². The molecule has 0 saturated heterocycles. The highest BCUT2D eigenvalue weighted by molar-refractivity contribution is 9.50. The van der Waals surface area contributed by atoms with Gasteiger partial charge >= 0.3 is 0 Å². The van der Waals surface area contributed by atoms with Crippen molar-refractivity contribution in [2.75, 3.05) is 9.80 Å². The van der Waals surface area contributed by atoms with Gasteiger partial charge in [-0.2, -0.15) is 0 Å². The summed E-state index contributed by atoms with van der Waals surface area (Å²) in [5, 5.41) is 0.820. The predicted molar refractivity (Wildman–Crippen MR) is 189 cm³/mol. The van der Waals surface area contributed by atoms with E-state index in [4.69, 9.17) is 0 Å². The fraction of sp³-hybridized carbons (Fsp3) is 0.0270. The van der Waals surface area contributed by atoms with Crippen LogP contribution in [-0.4, -0.2) is 0 Å². The van der Waals surface area contributed by atoms with Gasteiger partial charge in [0.25, 0.3) is 0 Å². The molecule has 0 fully saturated rings. The molecule has 2 nitrogen and oxygen atoms in total. The highest BCUT2D eigenvalue weighted by Crippen LogP contribution is 2.39. The highest BCUT2D eigenvalue weighted by Gasteiger charge is 2.15. The summed E-state index contributed by atoms with van der Waals surface area (Å²) in [7, 11) is 1.57. The number of para-hydroxylation sites is 2. The summed E-state index contributed by atoms with van der Waals surface area (Å²) in [4.78, 5) is 5.75. The number of rotatable bonds is 9. The number of hydrogen-bond acceptors (Lipinski definition) is 3. The average molecular weight is 693 g/mol. The normalized spacial score (nSPS) is 10.8. The Morgan fingerprint density at radius 2 is 0.857 bits per heavy atom. The quantitative estimate of drug-likeness (QED) is 0.139. The third-order valence-electron chi connectivity index (χ3n) is 7.10. The van der Waals surface area contributed by atoms with Crippen LogP contribution in [0.2, 0.25) is 0 Å². The topological polar surface area (TPSA) is 6.48 Å². The molecule has 0 heterocycles. The van der Waals surface area contributed by atoms with Gasteiger partial charge in [0, 0.05) is 44.3 Å². The molecule has 0 aliphatic heterocycles. The Morgan fingerprint density at radius 3 is 1.33 bits per heavy atom. The molecule has 0 N–H and O–H groups in total. The minimum atomic E-state index is 0.820. The summed E-state index contributed by atoms with van der Waals surface area (Å²) in [6.45, 7) is 0. The van der Waals surface area contributed by atoms with Crippen LogP contribution in [0.1, 0.15) is 5.56 Å². The second kappa shape index (κ2) is 13.5. The van der Waals surface area contributed by atoms with Crippen molar-refractivity contribution in [2.24, 2.45) is 0 Å². The molecule has 0 aromatic heterocycles. The van der Waals surface area contributed by atoms with Crippen LogP contribution < -0.4 is 9.80 Å². The molecule has 206 valence electrons. The van der Waals surface area contributed by atoms with Crippen molar-refractivity contribution in [3.05, 3.63) is 163 Å². The number of benzene rings is 6. The van der Waals surface area contributed by atoms with E-state index >= 15 is 0 Å². The molecule has 0 bridgehead atoms. The largest absolute Gasteiger partial charge is 0.310 e. The first kappa shape index (κ1) is 28.4. The van der Waals surface area contributed by atoms with Crippen molar-refractivity contribution in [1.82, 2.24) is 0 Å². The minimum absolute atomic E-state index is 0.820. The zero-order valence-corrected chi connectivity index (χ0v) is 26.8. The van der Waals surface area contributed by atoms with Gasteiger partial charge in [-0.05, 0) is 121 Å². The van der Waals surface area contributed by atoms with Crippen molar-refractivity contribution < 1.29 is 0 Å². The second-order valence-corrected chi connectivity index (χ2v) is 12.0.